The van der Waals surface area contributed by atoms with E-state index in [1.807, 2.05) is 0 Å². The summed E-state index contributed by atoms with van der Waals surface area (Å²) in [5.41, 5.74) is 1.94. The van der Waals surface area contributed by atoms with E-state index in [1.54, 1.807) is 19.9 Å². The second-order valence-corrected chi connectivity index (χ2v) is 3.45. The predicted octanol–water partition coefficient (Wildman–Crippen LogP) is 3.00. The molecule has 0 aromatic heterocycles. The van der Waals surface area contributed by atoms with Gasteiger partial charge in [0, 0.05) is 6.08 Å². The minimum absolute atomic E-state index is 0.102. The number of hydrogen-bond acceptors (Lipinski definition) is 2. The molecule has 1 rings (SSSR count). The molecule has 0 unspecified atom stereocenters. The number of carbonyl (C=O) groups is 1. The fraction of sp³-hybridized carbons (Fsp3) is 0.250. The number of aliphatic carboxylic acids is 1. The van der Waals surface area contributed by atoms with E-state index in [0.717, 1.165) is 6.08 Å². The number of alkyl halides is 2. The van der Waals surface area contributed by atoms with Gasteiger partial charge in [-0.25, -0.2) is 4.79 Å². The normalized spacial score (nSPS) is 11.1. The van der Waals surface area contributed by atoms with E-state index >= 15 is 0 Å². The van der Waals surface area contributed by atoms with Gasteiger partial charge in [0.2, 0.25) is 0 Å². The quantitative estimate of drug-likeness (QED) is 0.825. The van der Waals surface area contributed by atoms with Crippen molar-refractivity contribution in [3.05, 3.63) is 34.9 Å². The zero-order valence-corrected chi connectivity index (χ0v) is 9.41. The molecule has 92 valence electrons. The molecule has 0 fully saturated rings. The van der Waals surface area contributed by atoms with E-state index in [4.69, 9.17) is 5.11 Å². The van der Waals surface area contributed by atoms with Gasteiger partial charge in [-0.3, -0.25) is 0 Å². The molecular weight excluding hydrogens is 230 g/mol. The van der Waals surface area contributed by atoms with Crippen LogP contribution in [0.5, 0.6) is 5.75 Å². The summed E-state index contributed by atoms with van der Waals surface area (Å²) in [5.74, 6) is -0.958. The van der Waals surface area contributed by atoms with Crippen LogP contribution in [0, 0.1) is 13.8 Å². The molecule has 0 amide bonds. The molecule has 0 heterocycles. The second-order valence-electron chi connectivity index (χ2n) is 3.45. The number of hydrogen-bond donors (Lipinski definition) is 1. The first-order chi connectivity index (χ1) is 7.91. The highest BCUT2D eigenvalue weighted by atomic mass is 19.3. The molecule has 0 bridgehead atoms. The minimum atomic E-state index is -2.87. The van der Waals surface area contributed by atoms with E-state index in [2.05, 4.69) is 4.74 Å². The van der Waals surface area contributed by atoms with E-state index in [0.29, 0.717) is 16.7 Å². The molecule has 0 aliphatic carbocycles. The van der Waals surface area contributed by atoms with Gasteiger partial charge in [0.1, 0.15) is 5.75 Å². The van der Waals surface area contributed by atoms with E-state index in [9.17, 15) is 13.6 Å². The van der Waals surface area contributed by atoms with Crippen LogP contribution in [0.15, 0.2) is 18.2 Å². The summed E-state index contributed by atoms with van der Waals surface area (Å²) in [6.45, 7) is 0.494. The van der Waals surface area contributed by atoms with Crippen molar-refractivity contribution in [1.29, 1.82) is 0 Å². The Bertz CT molecular complexity index is 453. The van der Waals surface area contributed by atoms with Gasteiger partial charge in [-0.05, 0) is 42.7 Å². The van der Waals surface area contributed by atoms with Crippen LogP contribution >= 0.6 is 0 Å². The number of benzene rings is 1. The molecule has 0 aliphatic rings. The van der Waals surface area contributed by atoms with Crippen molar-refractivity contribution >= 4 is 12.0 Å². The molecule has 0 saturated heterocycles. The SMILES string of the molecule is Cc1c(/C=C/C(=O)O)ccc(OC(F)F)c1C. The standard InChI is InChI=1S/C12H12F2O3/c1-7-8(2)10(17-12(13)14)5-3-9(7)4-6-11(15)16/h3-6,12H,1-2H3,(H,15,16)/b6-4+. The van der Waals surface area contributed by atoms with Crippen LogP contribution in [0.25, 0.3) is 6.08 Å². The average Bonchev–Trinajstić information content (AvgIpc) is 2.23. The first-order valence-corrected chi connectivity index (χ1v) is 4.88. The first kappa shape index (κ1) is 13.2. The Hall–Kier alpha value is -1.91. The number of rotatable bonds is 4. The molecule has 0 saturated carbocycles. The largest absolute Gasteiger partial charge is 0.478 e. The highest BCUT2D eigenvalue weighted by Gasteiger charge is 2.10. The smallest absolute Gasteiger partial charge is 0.387 e. The zero-order chi connectivity index (χ0) is 13.0. The van der Waals surface area contributed by atoms with Crippen molar-refractivity contribution in [2.45, 2.75) is 20.5 Å². The van der Waals surface area contributed by atoms with Crippen molar-refractivity contribution in [3.63, 3.8) is 0 Å². The summed E-state index contributed by atoms with van der Waals surface area (Å²) in [6.07, 6.45) is 2.41. The third kappa shape index (κ3) is 3.55. The van der Waals surface area contributed by atoms with Gasteiger partial charge in [0.15, 0.2) is 0 Å². The number of ether oxygens (including phenoxy) is 1. The van der Waals surface area contributed by atoms with E-state index in [1.165, 1.54) is 12.1 Å². The Labute approximate surface area is 97.3 Å². The Balaban J connectivity index is 3.06. The van der Waals surface area contributed by atoms with E-state index < -0.39 is 12.6 Å². The second kappa shape index (κ2) is 5.43. The Kier molecular flexibility index (Phi) is 4.20. The minimum Gasteiger partial charge on any atom is -0.478 e. The van der Waals surface area contributed by atoms with Gasteiger partial charge in [0.05, 0.1) is 0 Å². The predicted molar refractivity (Wildman–Crippen MR) is 59.2 cm³/mol. The van der Waals surface area contributed by atoms with Gasteiger partial charge in [0.25, 0.3) is 0 Å². The summed E-state index contributed by atoms with van der Waals surface area (Å²) in [4.78, 5) is 10.4. The topological polar surface area (TPSA) is 46.5 Å². The molecule has 0 aliphatic heterocycles. The van der Waals surface area contributed by atoms with Crippen LogP contribution in [0.3, 0.4) is 0 Å². The number of halogens is 2. The van der Waals surface area contributed by atoms with Crippen molar-refractivity contribution in [3.8, 4) is 5.75 Å². The van der Waals surface area contributed by atoms with E-state index in [-0.39, 0.29) is 5.75 Å². The maximum Gasteiger partial charge on any atom is 0.387 e. The number of carboxylic acids is 1. The third-order valence-electron chi connectivity index (χ3n) is 2.40. The number of carboxylic acid groups (broad SMARTS) is 1. The van der Waals surface area contributed by atoms with Gasteiger partial charge < -0.3 is 9.84 Å². The monoisotopic (exact) mass is 242 g/mol. The van der Waals surface area contributed by atoms with Crippen LogP contribution < -0.4 is 4.74 Å². The van der Waals surface area contributed by atoms with Crippen molar-refractivity contribution in [1.82, 2.24) is 0 Å². The van der Waals surface area contributed by atoms with Crippen molar-refractivity contribution in [2.75, 3.05) is 0 Å². The maximum atomic E-state index is 12.1. The van der Waals surface area contributed by atoms with Gasteiger partial charge in [-0.15, -0.1) is 0 Å². The summed E-state index contributed by atoms with van der Waals surface area (Å²) in [5, 5.41) is 8.50. The lowest BCUT2D eigenvalue weighted by Crippen LogP contribution is -2.04. The summed E-state index contributed by atoms with van der Waals surface area (Å²) >= 11 is 0. The molecule has 1 aromatic rings. The Morgan fingerprint density at radius 1 is 1.35 bits per heavy atom. The lowest BCUT2D eigenvalue weighted by Gasteiger charge is -2.11. The third-order valence-corrected chi connectivity index (χ3v) is 2.40. The van der Waals surface area contributed by atoms with Gasteiger partial charge >= 0.3 is 12.6 Å². The Morgan fingerprint density at radius 2 is 2.00 bits per heavy atom. The highest BCUT2D eigenvalue weighted by Crippen LogP contribution is 2.26. The van der Waals surface area contributed by atoms with Crippen LogP contribution in [-0.2, 0) is 4.79 Å². The first-order valence-electron chi connectivity index (χ1n) is 4.88. The van der Waals surface area contributed by atoms with Crippen molar-refractivity contribution < 1.29 is 23.4 Å². The highest BCUT2D eigenvalue weighted by molar-refractivity contribution is 5.85. The molecule has 1 aromatic carbocycles. The molecule has 0 radical (unpaired) electrons. The zero-order valence-electron chi connectivity index (χ0n) is 9.41. The van der Waals surface area contributed by atoms with Crippen LogP contribution in [-0.4, -0.2) is 17.7 Å². The molecule has 0 atom stereocenters. The fourth-order valence-corrected chi connectivity index (χ4v) is 1.38. The molecule has 3 nitrogen and oxygen atoms in total. The summed E-state index contributed by atoms with van der Waals surface area (Å²) in [7, 11) is 0. The molecular formula is C12H12F2O3. The molecule has 5 heteroatoms. The van der Waals surface area contributed by atoms with Crippen LogP contribution in [0.1, 0.15) is 16.7 Å². The van der Waals surface area contributed by atoms with Crippen molar-refractivity contribution in [2.24, 2.45) is 0 Å². The molecule has 0 spiro atoms. The Morgan fingerprint density at radius 3 is 2.53 bits per heavy atom. The molecule has 1 N–H and O–H groups in total. The maximum absolute atomic E-state index is 12.1. The summed E-state index contributed by atoms with van der Waals surface area (Å²) < 4.78 is 28.5. The van der Waals surface area contributed by atoms with Gasteiger partial charge in [-0.1, -0.05) is 6.07 Å². The van der Waals surface area contributed by atoms with Crippen LogP contribution in [0.4, 0.5) is 8.78 Å². The summed E-state index contributed by atoms with van der Waals surface area (Å²) in [6, 6.07) is 2.94. The fourth-order valence-electron chi connectivity index (χ4n) is 1.38. The average molecular weight is 242 g/mol. The van der Waals surface area contributed by atoms with Gasteiger partial charge in [-0.2, -0.15) is 8.78 Å². The lowest BCUT2D eigenvalue weighted by molar-refractivity contribution is -0.131. The van der Waals surface area contributed by atoms with Crippen LogP contribution in [0.2, 0.25) is 0 Å². The molecule has 17 heavy (non-hydrogen) atoms. The lowest BCUT2D eigenvalue weighted by atomic mass is 10.0.